The average Bonchev–Trinajstić information content (AvgIpc) is 2.41. The van der Waals surface area contributed by atoms with E-state index in [2.05, 4.69) is 16.9 Å². The van der Waals surface area contributed by atoms with Crippen LogP contribution in [-0.4, -0.2) is 28.7 Å². The summed E-state index contributed by atoms with van der Waals surface area (Å²) in [6.07, 6.45) is 1.50. The van der Waals surface area contributed by atoms with E-state index in [1.54, 1.807) is 0 Å². The van der Waals surface area contributed by atoms with Crippen molar-refractivity contribution in [1.82, 2.24) is 14.6 Å². The van der Waals surface area contributed by atoms with Gasteiger partial charge in [-0.25, -0.2) is 14.6 Å². The smallest absolute Gasteiger partial charge is 0.164 e. The standard InChI is InChI=1S/C10H15N5/c1-6-7(2)15(14(3)4)10-8(6)9(11)12-5-13-10/h5H,1-4H3,(H2,11,12,13). The minimum absolute atomic E-state index is 0.543. The lowest BCUT2D eigenvalue weighted by atomic mass is 10.2. The number of hydrogen-bond donors (Lipinski definition) is 1. The summed E-state index contributed by atoms with van der Waals surface area (Å²) in [4.78, 5) is 8.29. The van der Waals surface area contributed by atoms with Crippen molar-refractivity contribution in [2.45, 2.75) is 13.8 Å². The van der Waals surface area contributed by atoms with E-state index >= 15 is 0 Å². The van der Waals surface area contributed by atoms with Gasteiger partial charge in [0.05, 0.1) is 5.39 Å². The van der Waals surface area contributed by atoms with Crippen LogP contribution in [0, 0.1) is 13.8 Å². The van der Waals surface area contributed by atoms with E-state index in [1.807, 2.05) is 30.7 Å². The lowest BCUT2D eigenvalue weighted by molar-refractivity contribution is 0.727. The van der Waals surface area contributed by atoms with Crippen LogP contribution < -0.4 is 10.7 Å². The number of nitrogens with zero attached hydrogens (tertiary/aromatic N) is 4. The summed E-state index contributed by atoms with van der Waals surface area (Å²) in [5.74, 6) is 0.543. The Morgan fingerprint density at radius 1 is 1.27 bits per heavy atom. The molecule has 5 nitrogen and oxygen atoms in total. The van der Waals surface area contributed by atoms with Crippen LogP contribution in [0.2, 0.25) is 0 Å². The molecule has 0 unspecified atom stereocenters. The first-order chi connectivity index (χ1) is 7.04. The summed E-state index contributed by atoms with van der Waals surface area (Å²) in [7, 11) is 3.95. The summed E-state index contributed by atoms with van der Waals surface area (Å²) in [5.41, 5.74) is 9.00. The molecule has 80 valence electrons. The van der Waals surface area contributed by atoms with Gasteiger partial charge in [-0.15, -0.1) is 0 Å². The second kappa shape index (κ2) is 3.12. The van der Waals surface area contributed by atoms with Gasteiger partial charge in [0.2, 0.25) is 0 Å². The van der Waals surface area contributed by atoms with Gasteiger partial charge in [0.1, 0.15) is 12.1 Å². The van der Waals surface area contributed by atoms with Gasteiger partial charge < -0.3 is 10.7 Å². The van der Waals surface area contributed by atoms with Crippen molar-refractivity contribution < 1.29 is 0 Å². The molecule has 0 fully saturated rings. The van der Waals surface area contributed by atoms with Gasteiger partial charge in [-0.05, 0) is 19.4 Å². The minimum Gasteiger partial charge on any atom is -0.383 e. The number of hydrogen-bond acceptors (Lipinski definition) is 4. The number of rotatable bonds is 1. The normalized spacial score (nSPS) is 10.9. The predicted octanol–water partition coefficient (Wildman–Crippen LogP) is 0.828. The quantitative estimate of drug-likeness (QED) is 0.749. The highest BCUT2D eigenvalue weighted by molar-refractivity contribution is 5.90. The third kappa shape index (κ3) is 1.23. The first-order valence-corrected chi connectivity index (χ1v) is 4.79. The average molecular weight is 205 g/mol. The molecule has 2 N–H and O–H groups in total. The molecule has 2 aromatic heterocycles. The molecular weight excluding hydrogens is 190 g/mol. The highest BCUT2D eigenvalue weighted by atomic mass is 15.5. The number of aryl methyl sites for hydroxylation is 1. The van der Waals surface area contributed by atoms with Gasteiger partial charge in [0, 0.05) is 19.8 Å². The highest BCUT2D eigenvalue weighted by Crippen LogP contribution is 2.26. The lowest BCUT2D eigenvalue weighted by Crippen LogP contribution is -2.26. The molecule has 2 aromatic rings. The van der Waals surface area contributed by atoms with Crippen LogP contribution in [0.3, 0.4) is 0 Å². The lowest BCUT2D eigenvalue weighted by Gasteiger charge is -2.17. The van der Waals surface area contributed by atoms with E-state index < -0.39 is 0 Å². The first kappa shape index (κ1) is 9.76. The fourth-order valence-electron chi connectivity index (χ4n) is 1.90. The minimum atomic E-state index is 0.543. The van der Waals surface area contributed by atoms with Crippen LogP contribution in [0.15, 0.2) is 6.33 Å². The fraction of sp³-hybridized carbons (Fsp3) is 0.400. The van der Waals surface area contributed by atoms with Crippen molar-refractivity contribution in [2.75, 3.05) is 24.8 Å². The van der Waals surface area contributed by atoms with Gasteiger partial charge in [0.25, 0.3) is 0 Å². The molecule has 0 amide bonds. The molecule has 5 heteroatoms. The molecule has 2 heterocycles. The zero-order valence-corrected chi connectivity index (χ0v) is 9.44. The van der Waals surface area contributed by atoms with Crippen molar-refractivity contribution in [3.63, 3.8) is 0 Å². The molecule has 0 radical (unpaired) electrons. The topological polar surface area (TPSA) is 60.0 Å². The Labute approximate surface area is 88.5 Å². The van der Waals surface area contributed by atoms with Crippen LogP contribution in [0.5, 0.6) is 0 Å². The van der Waals surface area contributed by atoms with Crippen LogP contribution in [0.4, 0.5) is 5.82 Å². The molecule has 0 aliphatic heterocycles. The maximum Gasteiger partial charge on any atom is 0.164 e. The van der Waals surface area contributed by atoms with E-state index in [9.17, 15) is 0 Å². The van der Waals surface area contributed by atoms with Gasteiger partial charge >= 0.3 is 0 Å². The second-order valence-electron chi connectivity index (χ2n) is 3.83. The van der Waals surface area contributed by atoms with E-state index in [4.69, 9.17) is 5.73 Å². The zero-order valence-electron chi connectivity index (χ0n) is 9.44. The number of anilines is 1. The van der Waals surface area contributed by atoms with E-state index in [-0.39, 0.29) is 0 Å². The zero-order chi connectivity index (χ0) is 11.2. The second-order valence-corrected chi connectivity index (χ2v) is 3.83. The van der Waals surface area contributed by atoms with Crippen molar-refractivity contribution in [3.8, 4) is 0 Å². The monoisotopic (exact) mass is 205 g/mol. The Kier molecular flexibility index (Phi) is 2.03. The Hall–Kier alpha value is -1.78. The molecule has 15 heavy (non-hydrogen) atoms. The number of nitrogens with two attached hydrogens (primary N) is 1. The molecule has 0 aliphatic rings. The van der Waals surface area contributed by atoms with Gasteiger partial charge in [-0.2, -0.15) is 0 Å². The van der Waals surface area contributed by atoms with Crippen LogP contribution in [0.1, 0.15) is 11.3 Å². The SMILES string of the molecule is Cc1c(C)n(N(C)C)c2ncnc(N)c12. The Morgan fingerprint density at radius 3 is 2.53 bits per heavy atom. The summed E-state index contributed by atoms with van der Waals surface area (Å²) < 4.78 is 2.03. The Bertz CT molecular complexity index is 512. The van der Waals surface area contributed by atoms with Crippen molar-refractivity contribution >= 4 is 16.9 Å². The van der Waals surface area contributed by atoms with Gasteiger partial charge in [-0.3, -0.25) is 0 Å². The highest BCUT2D eigenvalue weighted by Gasteiger charge is 2.15. The number of nitrogen functional groups attached to an aromatic ring is 1. The summed E-state index contributed by atoms with van der Waals surface area (Å²) in [6.45, 7) is 4.09. The Morgan fingerprint density at radius 2 is 1.93 bits per heavy atom. The first-order valence-electron chi connectivity index (χ1n) is 4.79. The molecule has 0 saturated carbocycles. The van der Waals surface area contributed by atoms with Crippen molar-refractivity contribution in [1.29, 1.82) is 0 Å². The van der Waals surface area contributed by atoms with E-state index in [1.165, 1.54) is 6.33 Å². The Balaban J connectivity index is 2.94. The predicted molar refractivity (Wildman–Crippen MR) is 61.5 cm³/mol. The van der Waals surface area contributed by atoms with Crippen LogP contribution in [0.25, 0.3) is 11.0 Å². The maximum atomic E-state index is 5.86. The maximum absolute atomic E-state index is 5.86. The molecular formula is C10H15N5. The fourth-order valence-corrected chi connectivity index (χ4v) is 1.90. The molecule has 0 saturated heterocycles. The van der Waals surface area contributed by atoms with Gasteiger partial charge in [-0.1, -0.05) is 0 Å². The molecule has 0 bridgehead atoms. The molecule has 0 atom stereocenters. The third-order valence-corrected chi connectivity index (χ3v) is 2.69. The molecule has 0 aliphatic carbocycles. The largest absolute Gasteiger partial charge is 0.383 e. The van der Waals surface area contributed by atoms with Crippen molar-refractivity contribution in [2.24, 2.45) is 0 Å². The molecule has 0 aromatic carbocycles. The van der Waals surface area contributed by atoms with Crippen LogP contribution >= 0.6 is 0 Å². The number of fused-ring (bicyclic) bond motifs is 1. The third-order valence-electron chi connectivity index (χ3n) is 2.69. The van der Waals surface area contributed by atoms with Crippen LogP contribution in [-0.2, 0) is 0 Å². The van der Waals surface area contributed by atoms with Crippen molar-refractivity contribution in [3.05, 3.63) is 17.6 Å². The molecule has 2 rings (SSSR count). The van der Waals surface area contributed by atoms with Gasteiger partial charge in [0.15, 0.2) is 5.65 Å². The molecule has 0 spiro atoms. The van der Waals surface area contributed by atoms with E-state index in [0.717, 1.165) is 22.3 Å². The number of aromatic nitrogens is 3. The summed E-state index contributed by atoms with van der Waals surface area (Å²) in [5, 5.41) is 2.93. The summed E-state index contributed by atoms with van der Waals surface area (Å²) in [6, 6.07) is 0. The van der Waals surface area contributed by atoms with E-state index in [0.29, 0.717) is 5.82 Å². The summed E-state index contributed by atoms with van der Waals surface area (Å²) >= 11 is 0.